The zero-order valence-electron chi connectivity index (χ0n) is 11.9. The van der Waals surface area contributed by atoms with E-state index in [0.29, 0.717) is 26.0 Å². The second-order valence-electron chi connectivity index (χ2n) is 4.49. The van der Waals surface area contributed by atoms with Gasteiger partial charge in [-0.2, -0.15) is 0 Å². The van der Waals surface area contributed by atoms with Crippen LogP contribution in [0.15, 0.2) is 24.3 Å². The number of carbonyl (C=O) groups excluding carboxylic acids is 2. The van der Waals surface area contributed by atoms with Crippen molar-refractivity contribution in [2.45, 2.75) is 26.3 Å². The van der Waals surface area contributed by atoms with Crippen LogP contribution in [0.25, 0.3) is 11.0 Å². The molecule has 0 spiro atoms. The van der Waals surface area contributed by atoms with Gasteiger partial charge in [0.2, 0.25) is 5.91 Å². The van der Waals surface area contributed by atoms with Crippen molar-refractivity contribution in [3.8, 4) is 0 Å². The van der Waals surface area contributed by atoms with Crippen LogP contribution in [0, 0.1) is 0 Å². The monoisotopic (exact) mass is 290 g/mol. The molecule has 7 nitrogen and oxygen atoms in total. The van der Waals surface area contributed by atoms with E-state index in [9.17, 15) is 9.59 Å². The molecular formula is C14H18N4O3. The molecule has 0 aliphatic carbocycles. The fraction of sp³-hybridized carbons (Fsp3) is 0.429. The van der Waals surface area contributed by atoms with Gasteiger partial charge in [-0.3, -0.25) is 9.59 Å². The summed E-state index contributed by atoms with van der Waals surface area (Å²) in [6, 6.07) is 7.45. The van der Waals surface area contributed by atoms with Crippen LogP contribution in [-0.2, 0) is 20.9 Å². The topological polar surface area (TPSA) is 86.1 Å². The molecule has 0 fully saturated rings. The minimum absolute atomic E-state index is 0.111. The van der Waals surface area contributed by atoms with Crippen LogP contribution in [0.2, 0.25) is 0 Å². The Hall–Kier alpha value is -2.44. The van der Waals surface area contributed by atoms with E-state index in [1.807, 2.05) is 24.3 Å². The van der Waals surface area contributed by atoms with E-state index in [0.717, 1.165) is 11.0 Å². The van der Waals surface area contributed by atoms with E-state index in [2.05, 4.69) is 15.6 Å². The van der Waals surface area contributed by atoms with Crippen LogP contribution in [0.5, 0.6) is 0 Å². The molecule has 0 unspecified atom stereocenters. The van der Waals surface area contributed by atoms with Crippen molar-refractivity contribution < 1.29 is 14.3 Å². The standard InChI is InChI=1S/C14H18N4O3/c1-2-21-14(20)8-5-9-15-13(19)10-18-12-7-4-3-6-11(12)16-17-18/h3-4,6-7H,2,5,8-10H2,1H3,(H,15,19). The first-order valence-electron chi connectivity index (χ1n) is 6.91. The van der Waals surface area contributed by atoms with E-state index >= 15 is 0 Å². The average Bonchev–Trinajstić information content (AvgIpc) is 2.87. The first-order valence-corrected chi connectivity index (χ1v) is 6.91. The Bertz CT molecular complexity index is 623. The van der Waals surface area contributed by atoms with Crippen molar-refractivity contribution in [2.75, 3.05) is 13.2 Å². The van der Waals surface area contributed by atoms with Gasteiger partial charge >= 0.3 is 5.97 Å². The number of nitrogens with zero attached hydrogens (tertiary/aromatic N) is 3. The number of aromatic nitrogens is 3. The van der Waals surface area contributed by atoms with Crippen LogP contribution >= 0.6 is 0 Å². The van der Waals surface area contributed by atoms with Crippen LogP contribution in [0.3, 0.4) is 0 Å². The summed E-state index contributed by atoms with van der Waals surface area (Å²) in [5.74, 6) is -0.400. The van der Waals surface area contributed by atoms with E-state index < -0.39 is 0 Å². The summed E-state index contributed by atoms with van der Waals surface area (Å²) >= 11 is 0. The zero-order valence-corrected chi connectivity index (χ0v) is 11.9. The number of hydrogen-bond acceptors (Lipinski definition) is 5. The lowest BCUT2D eigenvalue weighted by Gasteiger charge is -2.05. The van der Waals surface area contributed by atoms with E-state index in [4.69, 9.17) is 4.74 Å². The summed E-state index contributed by atoms with van der Waals surface area (Å²) in [5.41, 5.74) is 1.58. The van der Waals surface area contributed by atoms with E-state index in [1.165, 1.54) is 0 Å². The molecule has 1 N–H and O–H groups in total. The maximum atomic E-state index is 11.8. The number of para-hydroxylation sites is 1. The predicted molar refractivity (Wildman–Crippen MR) is 76.4 cm³/mol. The van der Waals surface area contributed by atoms with Crippen molar-refractivity contribution in [1.82, 2.24) is 20.3 Å². The Labute approximate surface area is 122 Å². The third-order valence-electron chi connectivity index (χ3n) is 2.90. The molecule has 0 aliphatic rings. The van der Waals surface area contributed by atoms with Gasteiger partial charge in [-0.1, -0.05) is 17.3 Å². The van der Waals surface area contributed by atoms with Crippen LogP contribution in [0.1, 0.15) is 19.8 Å². The van der Waals surface area contributed by atoms with Gasteiger partial charge in [-0.25, -0.2) is 4.68 Å². The summed E-state index contributed by atoms with van der Waals surface area (Å²) in [6.07, 6.45) is 0.864. The van der Waals surface area contributed by atoms with Gasteiger partial charge in [0.05, 0.1) is 12.1 Å². The molecular weight excluding hydrogens is 272 g/mol. The lowest BCUT2D eigenvalue weighted by Crippen LogP contribution is -2.29. The second-order valence-corrected chi connectivity index (χ2v) is 4.49. The smallest absolute Gasteiger partial charge is 0.305 e. The molecule has 2 rings (SSSR count). The number of rotatable bonds is 7. The van der Waals surface area contributed by atoms with Crippen molar-refractivity contribution in [1.29, 1.82) is 0 Å². The van der Waals surface area contributed by atoms with Crippen molar-refractivity contribution in [2.24, 2.45) is 0 Å². The molecule has 0 bridgehead atoms. The van der Waals surface area contributed by atoms with Crippen molar-refractivity contribution in [3.63, 3.8) is 0 Å². The first kappa shape index (κ1) is 15.0. The molecule has 0 saturated carbocycles. The van der Waals surface area contributed by atoms with Gasteiger partial charge < -0.3 is 10.1 Å². The number of fused-ring (bicyclic) bond motifs is 1. The van der Waals surface area contributed by atoms with E-state index in [1.54, 1.807) is 11.6 Å². The van der Waals surface area contributed by atoms with Gasteiger partial charge in [-0.05, 0) is 25.5 Å². The van der Waals surface area contributed by atoms with Crippen LogP contribution < -0.4 is 5.32 Å². The number of nitrogens with one attached hydrogen (secondary N) is 1. The predicted octanol–water partition coefficient (Wildman–Crippen LogP) is 0.891. The lowest BCUT2D eigenvalue weighted by atomic mass is 10.3. The molecule has 1 aromatic heterocycles. The number of hydrogen-bond donors (Lipinski definition) is 1. The highest BCUT2D eigenvalue weighted by Crippen LogP contribution is 2.09. The van der Waals surface area contributed by atoms with Crippen LogP contribution in [-0.4, -0.2) is 40.0 Å². The first-order chi connectivity index (χ1) is 10.2. The van der Waals surface area contributed by atoms with Gasteiger partial charge in [-0.15, -0.1) is 5.10 Å². The number of carbonyl (C=O) groups is 2. The Kier molecular flexibility index (Phi) is 5.25. The molecule has 112 valence electrons. The highest BCUT2D eigenvalue weighted by molar-refractivity contribution is 5.79. The summed E-state index contributed by atoms with van der Waals surface area (Å²) in [5, 5.41) is 10.7. The Morgan fingerprint density at radius 2 is 2.14 bits per heavy atom. The minimum atomic E-state index is -0.242. The van der Waals surface area contributed by atoms with Crippen LogP contribution in [0.4, 0.5) is 0 Å². The number of amides is 1. The Morgan fingerprint density at radius 3 is 2.95 bits per heavy atom. The molecule has 0 aliphatic heterocycles. The highest BCUT2D eigenvalue weighted by Gasteiger charge is 2.08. The van der Waals surface area contributed by atoms with Gasteiger partial charge in [0, 0.05) is 13.0 Å². The Balaban J connectivity index is 1.76. The fourth-order valence-corrected chi connectivity index (χ4v) is 1.92. The molecule has 0 saturated heterocycles. The van der Waals surface area contributed by atoms with Gasteiger partial charge in [0.15, 0.2) is 0 Å². The SMILES string of the molecule is CCOC(=O)CCCNC(=O)Cn1nnc2ccccc21. The fourth-order valence-electron chi connectivity index (χ4n) is 1.92. The molecule has 0 radical (unpaired) electrons. The maximum absolute atomic E-state index is 11.8. The summed E-state index contributed by atoms with van der Waals surface area (Å²) < 4.78 is 6.36. The molecule has 0 atom stereocenters. The summed E-state index contributed by atoms with van der Waals surface area (Å²) in [7, 11) is 0. The van der Waals surface area contributed by atoms with E-state index in [-0.39, 0.29) is 18.4 Å². The van der Waals surface area contributed by atoms with Crippen molar-refractivity contribution in [3.05, 3.63) is 24.3 Å². The average molecular weight is 290 g/mol. The quantitative estimate of drug-likeness (QED) is 0.604. The zero-order chi connectivity index (χ0) is 15.1. The Morgan fingerprint density at radius 1 is 1.33 bits per heavy atom. The van der Waals surface area contributed by atoms with Gasteiger partial charge in [0.25, 0.3) is 0 Å². The maximum Gasteiger partial charge on any atom is 0.305 e. The molecule has 1 aromatic carbocycles. The third kappa shape index (κ3) is 4.27. The normalized spacial score (nSPS) is 10.5. The molecule has 2 aromatic rings. The largest absolute Gasteiger partial charge is 0.466 e. The minimum Gasteiger partial charge on any atom is -0.466 e. The molecule has 1 heterocycles. The third-order valence-corrected chi connectivity index (χ3v) is 2.90. The summed E-state index contributed by atoms with van der Waals surface area (Å²) in [6.45, 7) is 2.69. The lowest BCUT2D eigenvalue weighted by molar-refractivity contribution is -0.143. The summed E-state index contributed by atoms with van der Waals surface area (Å²) in [4.78, 5) is 22.9. The highest BCUT2D eigenvalue weighted by atomic mass is 16.5. The van der Waals surface area contributed by atoms with Crippen molar-refractivity contribution >= 4 is 22.9 Å². The number of esters is 1. The molecule has 1 amide bonds. The molecule has 7 heteroatoms. The number of benzene rings is 1. The number of ether oxygens (including phenoxy) is 1. The molecule has 21 heavy (non-hydrogen) atoms. The second kappa shape index (κ2) is 7.37. The van der Waals surface area contributed by atoms with Gasteiger partial charge in [0.1, 0.15) is 12.1 Å².